The number of aromatic nitrogens is 1. The second kappa shape index (κ2) is 8.45. The first-order valence-corrected chi connectivity index (χ1v) is 10.6. The molecule has 2 aromatic rings. The van der Waals surface area contributed by atoms with E-state index in [1.54, 1.807) is 24.1 Å². The molecule has 0 fully saturated rings. The average molecular weight is 385 g/mol. The Bertz CT molecular complexity index is 940. The summed E-state index contributed by atoms with van der Waals surface area (Å²) in [5, 5.41) is 0. The van der Waals surface area contributed by atoms with Crippen molar-refractivity contribution in [2.75, 3.05) is 12.3 Å². The van der Waals surface area contributed by atoms with Crippen LogP contribution in [-0.4, -0.2) is 36.5 Å². The predicted octanol–water partition coefficient (Wildman–Crippen LogP) is 2.12. The van der Waals surface area contributed by atoms with Crippen LogP contribution in [0.25, 0.3) is 6.08 Å². The summed E-state index contributed by atoms with van der Waals surface area (Å²) in [4.78, 5) is 18.7. The van der Waals surface area contributed by atoms with Crippen LogP contribution in [0.3, 0.4) is 0 Å². The fourth-order valence-electron chi connectivity index (χ4n) is 2.89. The molecule has 1 amide bonds. The SMILES string of the molecule is CCS(=O)(=O)NCc1cnc2c(c1)CN(C(=O)C=Cc1ccccc1)CC2. The van der Waals surface area contributed by atoms with Crippen LogP contribution in [0.1, 0.15) is 29.3 Å². The molecular formula is C20H23N3O3S. The molecule has 142 valence electrons. The smallest absolute Gasteiger partial charge is 0.246 e. The van der Waals surface area contributed by atoms with Crippen molar-refractivity contribution in [1.29, 1.82) is 0 Å². The highest BCUT2D eigenvalue weighted by molar-refractivity contribution is 7.89. The third-order valence-corrected chi connectivity index (χ3v) is 5.85. The Balaban J connectivity index is 1.66. The number of hydrogen-bond donors (Lipinski definition) is 1. The zero-order chi connectivity index (χ0) is 19.3. The number of nitrogens with zero attached hydrogens (tertiary/aromatic N) is 2. The van der Waals surface area contributed by atoms with E-state index in [0.29, 0.717) is 19.5 Å². The summed E-state index contributed by atoms with van der Waals surface area (Å²) in [6, 6.07) is 11.6. The van der Waals surface area contributed by atoms with Gasteiger partial charge in [0.1, 0.15) is 0 Å². The van der Waals surface area contributed by atoms with Gasteiger partial charge >= 0.3 is 0 Å². The third kappa shape index (κ3) is 5.24. The highest BCUT2D eigenvalue weighted by Gasteiger charge is 2.20. The van der Waals surface area contributed by atoms with Gasteiger partial charge in [0.05, 0.1) is 5.75 Å². The van der Waals surface area contributed by atoms with Crippen LogP contribution in [0.4, 0.5) is 0 Å². The molecule has 0 aliphatic carbocycles. The van der Waals surface area contributed by atoms with Gasteiger partial charge in [-0.1, -0.05) is 30.3 Å². The van der Waals surface area contributed by atoms with Crippen LogP contribution in [0.2, 0.25) is 0 Å². The van der Waals surface area contributed by atoms with Crippen molar-refractivity contribution in [3.05, 3.63) is 71.1 Å². The molecule has 2 heterocycles. The zero-order valence-electron chi connectivity index (χ0n) is 15.3. The molecule has 0 radical (unpaired) electrons. The van der Waals surface area contributed by atoms with Gasteiger partial charge in [0.15, 0.2) is 0 Å². The lowest BCUT2D eigenvalue weighted by Crippen LogP contribution is -2.35. The average Bonchev–Trinajstić information content (AvgIpc) is 2.70. The van der Waals surface area contributed by atoms with Crippen molar-refractivity contribution < 1.29 is 13.2 Å². The van der Waals surface area contributed by atoms with E-state index >= 15 is 0 Å². The predicted molar refractivity (Wildman–Crippen MR) is 105 cm³/mol. The molecule has 1 aliphatic heterocycles. The minimum absolute atomic E-state index is 0.0402. The molecule has 1 aromatic heterocycles. The summed E-state index contributed by atoms with van der Waals surface area (Å²) >= 11 is 0. The molecule has 0 saturated heterocycles. The molecule has 0 spiro atoms. The molecule has 0 unspecified atom stereocenters. The normalized spacial score (nSPS) is 14.3. The highest BCUT2D eigenvalue weighted by Crippen LogP contribution is 2.19. The van der Waals surface area contributed by atoms with Gasteiger partial charge < -0.3 is 4.90 Å². The second-order valence-corrected chi connectivity index (χ2v) is 8.52. The lowest BCUT2D eigenvalue weighted by atomic mass is 10.0. The van der Waals surface area contributed by atoms with Gasteiger partial charge in [-0.25, -0.2) is 13.1 Å². The Hall–Kier alpha value is -2.51. The molecule has 3 rings (SSSR count). The Morgan fingerprint density at radius 3 is 2.81 bits per heavy atom. The van der Waals surface area contributed by atoms with Gasteiger partial charge in [0.2, 0.25) is 15.9 Å². The minimum Gasteiger partial charge on any atom is -0.334 e. The zero-order valence-corrected chi connectivity index (χ0v) is 16.1. The van der Waals surface area contributed by atoms with Crippen LogP contribution in [-0.2, 0) is 34.3 Å². The van der Waals surface area contributed by atoms with E-state index in [0.717, 1.165) is 22.4 Å². The number of carbonyl (C=O) groups excluding carboxylic acids is 1. The Labute approximate surface area is 160 Å². The van der Waals surface area contributed by atoms with Crippen LogP contribution < -0.4 is 4.72 Å². The number of carbonyl (C=O) groups is 1. The fraction of sp³-hybridized carbons (Fsp3) is 0.300. The Morgan fingerprint density at radius 1 is 1.30 bits per heavy atom. The molecule has 0 atom stereocenters. The Kier molecular flexibility index (Phi) is 6.03. The van der Waals surface area contributed by atoms with E-state index < -0.39 is 10.0 Å². The monoisotopic (exact) mass is 385 g/mol. The van der Waals surface area contributed by atoms with E-state index in [1.165, 1.54) is 0 Å². The van der Waals surface area contributed by atoms with Crippen molar-refractivity contribution in [3.63, 3.8) is 0 Å². The maximum Gasteiger partial charge on any atom is 0.246 e. The molecule has 1 N–H and O–H groups in total. The lowest BCUT2D eigenvalue weighted by molar-refractivity contribution is -0.126. The molecular weight excluding hydrogens is 362 g/mol. The number of hydrogen-bond acceptors (Lipinski definition) is 4. The van der Waals surface area contributed by atoms with Crippen molar-refractivity contribution in [2.45, 2.75) is 26.4 Å². The first kappa shape index (κ1) is 19.3. The fourth-order valence-corrected chi connectivity index (χ4v) is 3.48. The maximum absolute atomic E-state index is 12.5. The summed E-state index contributed by atoms with van der Waals surface area (Å²) in [6.07, 6.45) is 5.80. The number of rotatable bonds is 6. The molecule has 27 heavy (non-hydrogen) atoms. The van der Waals surface area contributed by atoms with Crippen molar-refractivity contribution in [2.24, 2.45) is 0 Å². The van der Waals surface area contributed by atoms with E-state index in [9.17, 15) is 13.2 Å². The van der Waals surface area contributed by atoms with E-state index in [2.05, 4.69) is 9.71 Å². The van der Waals surface area contributed by atoms with Crippen molar-refractivity contribution >= 4 is 22.0 Å². The first-order valence-electron chi connectivity index (χ1n) is 8.93. The number of sulfonamides is 1. The summed E-state index contributed by atoms with van der Waals surface area (Å²) < 4.78 is 25.7. The quantitative estimate of drug-likeness (QED) is 0.773. The number of amides is 1. The number of pyridine rings is 1. The number of fused-ring (bicyclic) bond motifs is 1. The van der Waals surface area contributed by atoms with Crippen LogP contribution in [0.5, 0.6) is 0 Å². The number of nitrogens with one attached hydrogen (secondary N) is 1. The second-order valence-electron chi connectivity index (χ2n) is 6.43. The van der Waals surface area contributed by atoms with Crippen LogP contribution >= 0.6 is 0 Å². The Morgan fingerprint density at radius 2 is 2.07 bits per heavy atom. The third-order valence-electron chi connectivity index (χ3n) is 4.50. The molecule has 1 aromatic carbocycles. The van der Waals surface area contributed by atoms with Crippen molar-refractivity contribution in [1.82, 2.24) is 14.6 Å². The lowest BCUT2D eigenvalue weighted by Gasteiger charge is -2.27. The largest absolute Gasteiger partial charge is 0.334 e. The minimum atomic E-state index is -3.25. The topological polar surface area (TPSA) is 79.4 Å². The van der Waals surface area contributed by atoms with Gasteiger partial charge in [0, 0.05) is 44.0 Å². The molecule has 1 aliphatic rings. The van der Waals surface area contributed by atoms with Crippen molar-refractivity contribution in [3.8, 4) is 0 Å². The van der Waals surface area contributed by atoms with Crippen LogP contribution in [0.15, 0.2) is 48.7 Å². The summed E-state index contributed by atoms with van der Waals surface area (Å²) in [5.74, 6) is 0.00286. The summed E-state index contributed by atoms with van der Waals surface area (Å²) in [6.45, 7) is 2.91. The summed E-state index contributed by atoms with van der Waals surface area (Å²) in [5.41, 5.74) is 3.71. The summed E-state index contributed by atoms with van der Waals surface area (Å²) in [7, 11) is -3.25. The van der Waals surface area contributed by atoms with Gasteiger partial charge in [-0.05, 0) is 35.8 Å². The first-order chi connectivity index (χ1) is 13.0. The molecule has 0 bridgehead atoms. The van der Waals surface area contributed by atoms with E-state index in [-0.39, 0.29) is 18.2 Å². The van der Waals surface area contributed by atoms with E-state index in [4.69, 9.17) is 0 Å². The highest BCUT2D eigenvalue weighted by atomic mass is 32.2. The molecule has 0 saturated carbocycles. The van der Waals surface area contributed by atoms with Gasteiger partial charge in [-0.2, -0.15) is 0 Å². The van der Waals surface area contributed by atoms with Gasteiger partial charge in [-0.15, -0.1) is 0 Å². The maximum atomic E-state index is 12.5. The van der Waals surface area contributed by atoms with Gasteiger partial charge in [0.25, 0.3) is 0 Å². The number of benzene rings is 1. The standard InChI is InChI=1S/C20H23N3O3S/c1-2-27(25,26)22-14-17-12-18-15-23(11-10-19(18)21-13-17)20(24)9-8-16-6-4-3-5-7-16/h3-9,12-13,22H,2,10-11,14-15H2,1H3. The van der Waals surface area contributed by atoms with Crippen LogP contribution in [0, 0.1) is 0 Å². The molecule has 7 heteroatoms. The van der Waals surface area contributed by atoms with E-state index in [1.807, 2.05) is 42.5 Å². The van der Waals surface area contributed by atoms with Gasteiger partial charge in [-0.3, -0.25) is 9.78 Å². The molecule has 6 nitrogen and oxygen atoms in total.